The van der Waals surface area contributed by atoms with Gasteiger partial charge in [0, 0.05) is 16.5 Å². The van der Waals surface area contributed by atoms with Crippen molar-refractivity contribution in [2.24, 2.45) is 0 Å². The topological polar surface area (TPSA) is 25.8 Å². The van der Waals surface area contributed by atoms with Crippen LogP contribution in [0.1, 0.15) is 30.2 Å². The largest absolute Gasteiger partial charge is 0.244 e. The van der Waals surface area contributed by atoms with Crippen molar-refractivity contribution >= 4 is 21.6 Å². The zero-order valence-corrected chi connectivity index (χ0v) is 8.85. The van der Waals surface area contributed by atoms with Crippen LogP contribution >= 0.6 is 11.3 Å². The van der Waals surface area contributed by atoms with Crippen LogP contribution in [-0.4, -0.2) is 9.97 Å². The lowest BCUT2D eigenvalue weighted by Crippen LogP contribution is -1.87. The lowest BCUT2D eigenvalue weighted by molar-refractivity contribution is 0.872. The molecule has 0 saturated heterocycles. The molecule has 0 saturated carbocycles. The number of hydrogen-bond acceptors (Lipinski definition) is 3. The quantitative estimate of drug-likeness (QED) is 0.693. The van der Waals surface area contributed by atoms with Gasteiger partial charge in [-0.05, 0) is 18.4 Å². The Hall–Kier alpha value is -0.960. The Kier molecular flexibility index (Phi) is 2.04. The van der Waals surface area contributed by atoms with Crippen LogP contribution in [0.4, 0.5) is 0 Å². The van der Waals surface area contributed by atoms with Crippen molar-refractivity contribution in [1.82, 2.24) is 9.97 Å². The highest BCUT2D eigenvalue weighted by molar-refractivity contribution is 7.18. The van der Waals surface area contributed by atoms with E-state index in [9.17, 15) is 0 Å². The van der Waals surface area contributed by atoms with Crippen molar-refractivity contribution in [3.63, 3.8) is 0 Å². The Morgan fingerprint density at radius 2 is 2.15 bits per heavy atom. The summed E-state index contributed by atoms with van der Waals surface area (Å²) in [5.74, 6) is 0.555. The van der Waals surface area contributed by atoms with E-state index in [4.69, 9.17) is 0 Å². The number of thiophene rings is 1. The Morgan fingerprint density at radius 1 is 1.38 bits per heavy atom. The van der Waals surface area contributed by atoms with E-state index in [1.807, 2.05) is 6.20 Å². The molecule has 13 heavy (non-hydrogen) atoms. The van der Waals surface area contributed by atoms with Crippen LogP contribution in [0.5, 0.6) is 0 Å². The van der Waals surface area contributed by atoms with Gasteiger partial charge < -0.3 is 0 Å². The molecule has 0 fully saturated rings. The monoisotopic (exact) mass is 192 g/mol. The van der Waals surface area contributed by atoms with Crippen LogP contribution in [0.25, 0.3) is 10.2 Å². The van der Waals surface area contributed by atoms with E-state index in [2.05, 4.69) is 30.7 Å². The molecule has 2 aromatic rings. The first kappa shape index (κ1) is 8.63. The highest BCUT2D eigenvalue weighted by atomic mass is 32.1. The summed E-state index contributed by atoms with van der Waals surface area (Å²) in [5.41, 5.74) is 1.40. The van der Waals surface area contributed by atoms with Crippen molar-refractivity contribution in [3.8, 4) is 0 Å². The standard InChI is InChI=1S/C10H12N2S/c1-6(2)9-7(3)13-10-8(9)4-11-5-12-10/h4-6H,1-3H3. The van der Waals surface area contributed by atoms with Crippen LogP contribution < -0.4 is 0 Å². The summed E-state index contributed by atoms with van der Waals surface area (Å²) in [6, 6.07) is 0. The molecule has 3 heteroatoms. The maximum Gasteiger partial charge on any atom is 0.127 e. The second-order valence-corrected chi connectivity index (χ2v) is 4.67. The summed E-state index contributed by atoms with van der Waals surface area (Å²) in [6.45, 7) is 6.57. The highest BCUT2D eigenvalue weighted by Crippen LogP contribution is 2.33. The molecule has 0 spiro atoms. The van der Waals surface area contributed by atoms with E-state index in [0.29, 0.717) is 5.92 Å². The molecule has 2 nitrogen and oxygen atoms in total. The zero-order valence-electron chi connectivity index (χ0n) is 8.03. The van der Waals surface area contributed by atoms with E-state index < -0.39 is 0 Å². The fourth-order valence-corrected chi connectivity index (χ4v) is 2.81. The molecule has 0 aliphatic carbocycles. The third-order valence-electron chi connectivity index (χ3n) is 2.17. The average Bonchev–Trinajstić information content (AvgIpc) is 2.39. The lowest BCUT2D eigenvalue weighted by Gasteiger charge is -2.03. The van der Waals surface area contributed by atoms with Gasteiger partial charge in [-0.2, -0.15) is 0 Å². The highest BCUT2D eigenvalue weighted by Gasteiger charge is 2.12. The van der Waals surface area contributed by atoms with Gasteiger partial charge in [0.25, 0.3) is 0 Å². The van der Waals surface area contributed by atoms with Crippen LogP contribution in [-0.2, 0) is 0 Å². The average molecular weight is 192 g/mol. The van der Waals surface area contributed by atoms with E-state index in [-0.39, 0.29) is 0 Å². The number of aromatic nitrogens is 2. The second kappa shape index (κ2) is 3.07. The molecule has 0 aromatic carbocycles. The summed E-state index contributed by atoms with van der Waals surface area (Å²) in [6.07, 6.45) is 3.53. The van der Waals surface area contributed by atoms with Crippen molar-refractivity contribution < 1.29 is 0 Å². The molecular formula is C10H12N2S. The summed E-state index contributed by atoms with van der Waals surface area (Å²) in [7, 11) is 0. The smallest absolute Gasteiger partial charge is 0.127 e. The van der Waals surface area contributed by atoms with Gasteiger partial charge in [-0.3, -0.25) is 0 Å². The van der Waals surface area contributed by atoms with Gasteiger partial charge in [0.15, 0.2) is 0 Å². The molecule has 0 atom stereocenters. The van der Waals surface area contributed by atoms with E-state index >= 15 is 0 Å². The molecule has 0 aliphatic rings. The molecule has 2 heterocycles. The summed E-state index contributed by atoms with van der Waals surface area (Å²) < 4.78 is 0. The Balaban J connectivity index is 2.78. The van der Waals surface area contributed by atoms with E-state index in [1.165, 1.54) is 15.8 Å². The van der Waals surface area contributed by atoms with Crippen molar-refractivity contribution in [1.29, 1.82) is 0 Å². The number of aryl methyl sites for hydroxylation is 1. The van der Waals surface area contributed by atoms with Crippen molar-refractivity contribution in [3.05, 3.63) is 23.0 Å². The minimum Gasteiger partial charge on any atom is -0.244 e. The molecule has 2 rings (SSSR count). The van der Waals surface area contributed by atoms with Gasteiger partial charge in [-0.1, -0.05) is 13.8 Å². The van der Waals surface area contributed by atoms with E-state index in [1.54, 1.807) is 17.7 Å². The molecule has 0 amide bonds. The molecule has 2 aromatic heterocycles. The van der Waals surface area contributed by atoms with E-state index in [0.717, 1.165) is 4.83 Å². The normalized spacial score (nSPS) is 11.4. The molecule has 0 aliphatic heterocycles. The SMILES string of the molecule is Cc1sc2ncncc2c1C(C)C. The minimum absolute atomic E-state index is 0.555. The minimum atomic E-state index is 0.555. The van der Waals surface area contributed by atoms with Gasteiger partial charge >= 0.3 is 0 Å². The fourth-order valence-electron chi connectivity index (χ4n) is 1.69. The summed E-state index contributed by atoms with van der Waals surface area (Å²) in [4.78, 5) is 10.8. The third-order valence-corrected chi connectivity index (χ3v) is 3.22. The van der Waals surface area contributed by atoms with Gasteiger partial charge in [-0.25, -0.2) is 9.97 Å². The Morgan fingerprint density at radius 3 is 2.85 bits per heavy atom. The molecule has 0 bridgehead atoms. The number of fused-ring (bicyclic) bond motifs is 1. The second-order valence-electron chi connectivity index (χ2n) is 3.47. The molecule has 0 N–H and O–H groups in total. The van der Waals surface area contributed by atoms with Crippen molar-refractivity contribution in [2.45, 2.75) is 26.7 Å². The lowest BCUT2D eigenvalue weighted by atomic mass is 10.0. The Labute approximate surface area is 81.7 Å². The van der Waals surface area contributed by atoms with Crippen LogP contribution in [0.2, 0.25) is 0 Å². The maximum atomic E-state index is 4.25. The maximum absolute atomic E-state index is 4.25. The third kappa shape index (κ3) is 1.33. The first-order valence-electron chi connectivity index (χ1n) is 4.39. The number of rotatable bonds is 1. The van der Waals surface area contributed by atoms with Gasteiger partial charge in [0.2, 0.25) is 0 Å². The fraction of sp³-hybridized carbons (Fsp3) is 0.400. The van der Waals surface area contributed by atoms with Gasteiger partial charge in [0.1, 0.15) is 11.2 Å². The van der Waals surface area contributed by atoms with Crippen LogP contribution in [0, 0.1) is 6.92 Å². The number of nitrogens with zero attached hydrogens (tertiary/aromatic N) is 2. The molecule has 0 radical (unpaired) electrons. The predicted molar refractivity (Wildman–Crippen MR) is 56.2 cm³/mol. The zero-order chi connectivity index (χ0) is 9.42. The van der Waals surface area contributed by atoms with Gasteiger partial charge in [0.05, 0.1) is 0 Å². The Bertz CT molecular complexity index is 431. The molecule has 68 valence electrons. The first-order chi connectivity index (χ1) is 6.20. The first-order valence-corrected chi connectivity index (χ1v) is 5.20. The summed E-state index contributed by atoms with van der Waals surface area (Å²) >= 11 is 1.76. The molecular weight excluding hydrogens is 180 g/mol. The van der Waals surface area contributed by atoms with Crippen molar-refractivity contribution in [2.75, 3.05) is 0 Å². The van der Waals surface area contributed by atoms with Gasteiger partial charge in [-0.15, -0.1) is 11.3 Å². The summed E-state index contributed by atoms with van der Waals surface area (Å²) in [5, 5.41) is 1.22. The predicted octanol–water partition coefficient (Wildman–Crippen LogP) is 3.12. The molecule has 0 unspecified atom stereocenters. The van der Waals surface area contributed by atoms with Crippen LogP contribution in [0.15, 0.2) is 12.5 Å². The van der Waals surface area contributed by atoms with Crippen LogP contribution in [0.3, 0.4) is 0 Å². The number of hydrogen-bond donors (Lipinski definition) is 0.